The Hall–Kier alpha value is -2.72. The molecule has 0 aliphatic rings. The molecule has 1 N–H and O–H groups in total. The first-order valence-electron chi connectivity index (χ1n) is 7.47. The van der Waals surface area contributed by atoms with Crippen LogP contribution in [-0.2, 0) is 6.54 Å². The van der Waals surface area contributed by atoms with Crippen LogP contribution in [0.4, 0.5) is 5.69 Å². The molecule has 0 aliphatic heterocycles. The Kier molecular flexibility index (Phi) is 3.74. The Balaban J connectivity index is 1.58. The minimum Gasteiger partial charge on any atom is -0.381 e. The molecule has 4 aromatic rings. The summed E-state index contributed by atoms with van der Waals surface area (Å²) in [5.41, 5.74) is 4.47. The molecule has 2 aromatic carbocycles. The lowest BCUT2D eigenvalue weighted by Crippen LogP contribution is -1.98. The molecular weight excluding hydrogens is 302 g/mol. The molecule has 0 fully saturated rings. The summed E-state index contributed by atoms with van der Waals surface area (Å²) >= 11 is 1.70. The van der Waals surface area contributed by atoms with Gasteiger partial charge in [-0.3, -0.25) is 4.98 Å². The van der Waals surface area contributed by atoms with Crippen molar-refractivity contribution in [2.45, 2.75) is 6.54 Å². The number of hydrogen-bond acceptors (Lipinski definition) is 4. The van der Waals surface area contributed by atoms with Crippen molar-refractivity contribution in [1.29, 1.82) is 0 Å². The number of aromatic nitrogens is 2. The number of nitrogens with one attached hydrogen (secondary N) is 1. The summed E-state index contributed by atoms with van der Waals surface area (Å²) in [5.74, 6) is 0. The number of nitrogens with zero attached hydrogens (tertiary/aromatic N) is 2. The van der Waals surface area contributed by atoms with E-state index < -0.39 is 0 Å². The highest BCUT2D eigenvalue weighted by atomic mass is 32.1. The summed E-state index contributed by atoms with van der Waals surface area (Å²) in [4.78, 5) is 8.86. The lowest BCUT2D eigenvalue weighted by atomic mass is 10.2. The molecule has 2 heterocycles. The van der Waals surface area contributed by atoms with E-state index >= 15 is 0 Å². The van der Waals surface area contributed by atoms with Gasteiger partial charge in [0, 0.05) is 30.2 Å². The Labute approximate surface area is 138 Å². The monoisotopic (exact) mass is 317 g/mol. The summed E-state index contributed by atoms with van der Waals surface area (Å²) in [6, 6.07) is 20.7. The fraction of sp³-hybridized carbons (Fsp3) is 0.0526. The van der Waals surface area contributed by atoms with Crippen LogP contribution < -0.4 is 5.32 Å². The lowest BCUT2D eigenvalue weighted by molar-refractivity contribution is 1.15. The fourth-order valence-electron chi connectivity index (χ4n) is 2.45. The first kappa shape index (κ1) is 13.9. The van der Waals surface area contributed by atoms with Crippen LogP contribution in [-0.4, -0.2) is 9.97 Å². The van der Waals surface area contributed by atoms with Crippen LogP contribution in [0.2, 0.25) is 0 Å². The first-order valence-corrected chi connectivity index (χ1v) is 8.29. The van der Waals surface area contributed by atoms with Crippen molar-refractivity contribution in [1.82, 2.24) is 9.97 Å². The lowest BCUT2D eigenvalue weighted by Gasteiger charge is -2.06. The maximum absolute atomic E-state index is 4.69. The molecule has 0 bridgehead atoms. The van der Waals surface area contributed by atoms with Gasteiger partial charge < -0.3 is 5.32 Å². The van der Waals surface area contributed by atoms with E-state index in [2.05, 4.69) is 52.8 Å². The Morgan fingerprint density at radius 1 is 0.957 bits per heavy atom. The van der Waals surface area contributed by atoms with Crippen LogP contribution >= 0.6 is 11.3 Å². The molecule has 23 heavy (non-hydrogen) atoms. The van der Waals surface area contributed by atoms with Gasteiger partial charge in [0.2, 0.25) is 0 Å². The number of thiazole rings is 1. The highest BCUT2D eigenvalue weighted by Gasteiger charge is 2.07. The van der Waals surface area contributed by atoms with E-state index in [0.29, 0.717) is 0 Å². The average molecular weight is 317 g/mol. The first-order chi connectivity index (χ1) is 11.4. The molecule has 0 saturated heterocycles. The van der Waals surface area contributed by atoms with E-state index in [4.69, 9.17) is 4.98 Å². The fourth-order valence-corrected chi connectivity index (χ4v) is 3.44. The maximum atomic E-state index is 4.69. The number of hydrogen-bond donors (Lipinski definition) is 1. The molecule has 0 atom stereocenters. The number of benzene rings is 2. The minimum atomic E-state index is 0.820. The Morgan fingerprint density at radius 3 is 2.70 bits per heavy atom. The zero-order valence-corrected chi connectivity index (χ0v) is 13.3. The van der Waals surface area contributed by atoms with Gasteiger partial charge in [-0.15, -0.1) is 11.3 Å². The van der Waals surface area contributed by atoms with Gasteiger partial charge in [0.1, 0.15) is 5.01 Å². The van der Waals surface area contributed by atoms with Crippen LogP contribution in [0.1, 0.15) is 5.56 Å². The smallest absolute Gasteiger partial charge is 0.126 e. The van der Waals surface area contributed by atoms with Crippen molar-refractivity contribution in [2.24, 2.45) is 0 Å². The topological polar surface area (TPSA) is 37.8 Å². The molecule has 0 aliphatic carbocycles. The zero-order valence-electron chi connectivity index (χ0n) is 12.4. The predicted octanol–water partition coefficient (Wildman–Crippen LogP) is 4.97. The van der Waals surface area contributed by atoms with Crippen LogP contribution in [0, 0.1) is 0 Å². The number of fused-ring (bicyclic) bond motifs is 1. The second kappa shape index (κ2) is 6.18. The van der Waals surface area contributed by atoms with Gasteiger partial charge in [-0.05, 0) is 35.9 Å². The van der Waals surface area contributed by atoms with Crippen molar-refractivity contribution in [2.75, 3.05) is 5.32 Å². The third-order valence-electron chi connectivity index (χ3n) is 3.64. The van der Waals surface area contributed by atoms with Crippen LogP contribution in [0.5, 0.6) is 0 Å². The third kappa shape index (κ3) is 3.07. The third-order valence-corrected chi connectivity index (χ3v) is 4.70. The van der Waals surface area contributed by atoms with Gasteiger partial charge in [0.15, 0.2) is 0 Å². The van der Waals surface area contributed by atoms with Crippen LogP contribution in [0.25, 0.3) is 20.8 Å². The van der Waals surface area contributed by atoms with Crippen molar-refractivity contribution < 1.29 is 0 Å². The van der Waals surface area contributed by atoms with Gasteiger partial charge in [0.05, 0.1) is 10.2 Å². The van der Waals surface area contributed by atoms with Crippen LogP contribution in [0.15, 0.2) is 73.1 Å². The van der Waals surface area contributed by atoms with Crippen LogP contribution in [0.3, 0.4) is 0 Å². The van der Waals surface area contributed by atoms with E-state index in [9.17, 15) is 0 Å². The molecular formula is C19H15N3S. The largest absolute Gasteiger partial charge is 0.381 e. The second-order valence-corrected chi connectivity index (χ2v) is 6.31. The highest BCUT2D eigenvalue weighted by Crippen LogP contribution is 2.31. The molecule has 0 amide bonds. The van der Waals surface area contributed by atoms with Gasteiger partial charge in [-0.25, -0.2) is 4.98 Å². The molecule has 4 rings (SSSR count). The molecule has 3 nitrogen and oxygen atoms in total. The van der Waals surface area contributed by atoms with Gasteiger partial charge in [0.25, 0.3) is 0 Å². The zero-order chi connectivity index (χ0) is 15.5. The van der Waals surface area contributed by atoms with Crippen molar-refractivity contribution in [3.63, 3.8) is 0 Å². The molecule has 0 radical (unpaired) electrons. The maximum Gasteiger partial charge on any atom is 0.126 e. The summed E-state index contributed by atoms with van der Waals surface area (Å²) in [5, 5.41) is 4.48. The molecule has 0 saturated carbocycles. The number of pyridine rings is 1. The quantitative estimate of drug-likeness (QED) is 0.577. The molecule has 4 heteroatoms. The van der Waals surface area contributed by atoms with Crippen molar-refractivity contribution in [3.8, 4) is 10.6 Å². The number of rotatable bonds is 4. The normalized spacial score (nSPS) is 10.8. The molecule has 112 valence electrons. The summed E-state index contributed by atoms with van der Waals surface area (Å²) in [6.07, 6.45) is 3.63. The minimum absolute atomic E-state index is 0.820. The average Bonchev–Trinajstić information content (AvgIpc) is 3.05. The van der Waals surface area contributed by atoms with E-state index in [-0.39, 0.29) is 0 Å². The van der Waals surface area contributed by atoms with Gasteiger partial charge in [-0.2, -0.15) is 0 Å². The van der Waals surface area contributed by atoms with Crippen molar-refractivity contribution >= 4 is 27.2 Å². The van der Waals surface area contributed by atoms with Gasteiger partial charge in [-0.1, -0.05) is 30.3 Å². The van der Waals surface area contributed by atoms with E-state index in [1.165, 1.54) is 10.3 Å². The molecule has 0 unspecified atom stereocenters. The standard InChI is InChI=1S/C19H15N3S/c1-2-5-14(6-3-1)12-21-16-8-9-17-18(11-16)23-19(22-17)15-7-4-10-20-13-15/h1-11,13,21H,12H2. The van der Waals surface area contributed by atoms with Gasteiger partial charge >= 0.3 is 0 Å². The summed E-state index contributed by atoms with van der Waals surface area (Å²) in [7, 11) is 0. The highest BCUT2D eigenvalue weighted by molar-refractivity contribution is 7.21. The SMILES string of the molecule is c1ccc(CNc2ccc3nc(-c4cccnc4)sc3c2)cc1. The van der Waals surface area contributed by atoms with E-state index in [1.807, 2.05) is 24.4 Å². The summed E-state index contributed by atoms with van der Waals surface area (Å²) < 4.78 is 1.18. The van der Waals surface area contributed by atoms with E-state index in [1.54, 1.807) is 17.5 Å². The summed E-state index contributed by atoms with van der Waals surface area (Å²) in [6.45, 7) is 0.820. The molecule has 0 spiro atoms. The molecule has 2 aromatic heterocycles. The van der Waals surface area contributed by atoms with Crippen molar-refractivity contribution in [3.05, 3.63) is 78.6 Å². The predicted molar refractivity (Wildman–Crippen MR) is 96.6 cm³/mol. The Bertz CT molecular complexity index is 917. The number of anilines is 1. The van der Waals surface area contributed by atoms with E-state index in [0.717, 1.165) is 28.3 Å². The second-order valence-electron chi connectivity index (χ2n) is 5.28. The Morgan fingerprint density at radius 2 is 1.87 bits per heavy atom.